The molecular formula is C68H94IN8O5S2+. The van der Waals surface area contributed by atoms with Crippen LogP contribution >= 0.6 is 12.2 Å². The van der Waals surface area contributed by atoms with Gasteiger partial charge >= 0.3 is 0 Å². The molecule has 0 amide bonds. The second kappa shape index (κ2) is 31.0. The molecule has 2 N–H and O–H groups in total. The summed E-state index contributed by atoms with van der Waals surface area (Å²) in [4.78, 5) is 11.1. The van der Waals surface area contributed by atoms with Crippen LogP contribution in [0.1, 0.15) is 116 Å². The average Bonchev–Trinajstić information content (AvgIpc) is 2.45. The highest BCUT2D eigenvalue weighted by atomic mass is 127. The van der Waals surface area contributed by atoms with Gasteiger partial charge in [0.1, 0.15) is 24.6 Å². The smallest absolute Gasteiger partial charge is 0.210 e. The van der Waals surface area contributed by atoms with Gasteiger partial charge in [0, 0.05) is 85.7 Å². The number of thiocarbonyl (C=S) groups is 1. The van der Waals surface area contributed by atoms with E-state index in [0.29, 0.717) is 24.5 Å². The molecule has 3 aliphatic heterocycles. The number of benzene rings is 4. The number of halogens is 1. The van der Waals surface area contributed by atoms with Gasteiger partial charge in [0.25, 0.3) is 0 Å². The molecule has 8 rings (SSSR count). The van der Waals surface area contributed by atoms with Gasteiger partial charge in [0.2, 0.25) is 5.69 Å². The van der Waals surface area contributed by atoms with E-state index in [1.807, 2.05) is 30.3 Å². The minimum atomic E-state index is -4.28. The zero-order chi connectivity index (χ0) is 58.9. The highest BCUT2D eigenvalue weighted by Crippen LogP contribution is 2.48. The fourth-order valence-corrected chi connectivity index (χ4v) is 13.4. The molecule has 13 nitrogen and oxygen atoms in total. The molecule has 3 heterocycles. The number of hydrogen-bond acceptors (Lipinski definition) is 9. The number of allylic oxidation sites excluding steroid dienone is 7. The van der Waals surface area contributed by atoms with Crippen LogP contribution in [0.4, 0.5) is 11.4 Å². The highest BCUT2D eigenvalue weighted by Gasteiger charge is 2.46. The zero-order valence-electron chi connectivity index (χ0n) is 51.3. The molecule has 4 aromatic rings. The number of quaternary nitrogens is 2. The molecule has 4 aromatic carbocycles. The van der Waals surface area contributed by atoms with Gasteiger partial charge in [-0.1, -0.05) is 87.0 Å². The maximum Gasteiger partial charge on any atom is 0.210 e. The number of fused-ring (bicyclic) bond motifs is 4. The van der Waals surface area contributed by atoms with Crippen molar-refractivity contribution in [1.29, 1.82) is 0 Å². The Bertz CT molecular complexity index is 3210. The number of likely N-dealkylation sites (N-methyl/N-ethyl adjacent to an activating group) is 1. The van der Waals surface area contributed by atoms with E-state index < -0.39 is 10.1 Å². The van der Waals surface area contributed by atoms with E-state index in [9.17, 15) is 13.0 Å². The number of anilines is 1. The third-order valence-corrected chi connectivity index (χ3v) is 18.5. The molecule has 0 bridgehead atoms. The molecule has 1 saturated heterocycles. The number of ether oxygens (including phenoxy) is 2. The van der Waals surface area contributed by atoms with Crippen LogP contribution in [-0.4, -0.2) is 155 Å². The maximum atomic E-state index is 11.5. The number of aliphatic imine (C=N–C) groups is 2. The minimum Gasteiger partial charge on any atom is -1.00 e. The summed E-state index contributed by atoms with van der Waals surface area (Å²) in [5, 5.41) is 10.3. The number of para-hydroxylation sites is 2. The lowest BCUT2D eigenvalue weighted by Crippen LogP contribution is -3.00. The van der Waals surface area contributed by atoms with Crippen molar-refractivity contribution in [2.45, 2.75) is 116 Å². The van der Waals surface area contributed by atoms with Crippen molar-refractivity contribution in [2.24, 2.45) is 9.98 Å². The second-order valence-corrected chi connectivity index (χ2v) is 27.0. The molecule has 0 saturated carbocycles. The van der Waals surface area contributed by atoms with E-state index in [0.717, 1.165) is 167 Å². The van der Waals surface area contributed by atoms with Crippen LogP contribution in [0.3, 0.4) is 0 Å². The summed E-state index contributed by atoms with van der Waals surface area (Å²) in [5.41, 5.74) is 8.99. The molecule has 454 valence electrons. The normalized spacial score (nSPS) is 18.2. The quantitative estimate of drug-likeness (QED) is 0.0104. The number of rotatable bonds is 29. The Balaban J connectivity index is 0.0000101. The third-order valence-electron chi connectivity index (χ3n) is 17.4. The standard InChI is InChI=1S/C68H93N8O5S2.HI/c1-67(2)59-31-15-16-32-60(59)73(43-18-20-52-83(77,78)79)62(67)37-34-55-26-21-27-56(65(55)81-57-28-11-10-12-29-57)35-38-63-68(3,4)64-58-30-14-13-25-54(58)33-36-61(64)74(63)44-22-41-71-66(82)72-42-24-46-75(5,6)45-19-9-8-17-39-69-53-70-40-23-47-76(7)48-50-80-51-49-76;/h10-16,25,28-38H,8-9,17-24,26-27,39-52H2,1-7H3,(H-2,71,72,77,78,79,82);1H/q+1;. The van der Waals surface area contributed by atoms with Crippen LogP contribution in [0.25, 0.3) is 10.8 Å². The first kappa shape index (κ1) is 66.5. The Kier molecular flexibility index (Phi) is 24.6. The van der Waals surface area contributed by atoms with Gasteiger partial charge < -0.3 is 62.5 Å². The molecule has 4 aliphatic rings. The van der Waals surface area contributed by atoms with Crippen molar-refractivity contribution in [2.75, 3.05) is 117 Å². The van der Waals surface area contributed by atoms with Gasteiger partial charge in [-0.3, -0.25) is 0 Å². The van der Waals surface area contributed by atoms with Gasteiger partial charge in [0.15, 0.2) is 17.4 Å². The Morgan fingerprint density at radius 2 is 1.50 bits per heavy atom. The van der Waals surface area contributed by atoms with E-state index in [2.05, 4.69) is 170 Å². The number of morpholine rings is 1. The molecule has 0 radical (unpaired) electrons. The lowest BCUT2D eigenvalue weighted by molar-refractivity contribution is -0.916. The van der Waals surface area contributed by atoms with Crippen molar-refractivity contribution in [3.63, 3.8) is 0 Å². The highest BCUT2D eigenvalue weighted by molar-refractivity contribution is 7.85. The predicted octanol–water partition coefficient (Wildman–Crippen LogP) is 9.15. The number of nitrogens with one attached hydrogen (secondary N) is 2. The fourth-order valence-electron chi connectivity index (χ4n) is 12.6. The van der Waals surface area contributed by atoms with Crippen molar-refractivity contribution in [3.8, 4) is 5.75 Å². The molecule has 1 fully saturated rings. The number of nitrogens with zero attached hydrogens (tertiary/aromatic N) is 6. The lowest BCUT2D eigenvalue weighted by Gasteiger charge is -2.37. The predicted molar refractivity (Wildman–Crippen MR) is 345 cm³/mol. The van der Waals surface area contributed by atoms with E-state index >= 15 is 0 Å². The fraction of sp³-hybridized carbons (Fsp3) is 0.515. The van der Waals surface area contributed by atoms with E-state index in [1.165, 1.54) is 52.6 Å². The van der Waals surface area contributed by atoms with E-state index in [-0.39, 0.29) is 40.6 Å². The van der Waals surface area contributed by atoms with Gasteiger partial charge in [-0.15, -0.1) is 0 Å². The molecule has 0 spiro atoms. The van der Waals surface area contributed by atoms with Gasteiger partial charge in [-0.2, -0.15) is 4.58 Å². The molecular weight excluding hydrogens is 1200 g/mol. The Hall–Kier alpha value is -5.04. The Morgan fingerprint density at radius 1 is 0.810 bits per heavy atom. The first-order valence-electron chi connectivity index (χ1n) is 30.7. The molecule has 84 heavy (non-hydrogen) atoms. The summed E-state index contributed by atoms with van der Waals surface area (Å²) in [6, 6.07) is 34.8. The first-order valence-corrected chi connectivity index (χ1v) is 32.7. The SMILES string of the molecule is CC1(C)C(/C=C/C2=C(Oc3ccccc3)C(=C/C=C3/N(CCCCS(=O)(=O)[O-])c4ccccc4C3(C)C)/CCC2)=[N+](CCCNC(=S)NCCC[N+](C)(C)CCCCCCN=C=NCCC[N+]2(C)CCOCC2)c2ccc3ccccc3c21.[I-]. The lowest BCUT2D eigenvalue weighted by atomic mass is 9.78. The second-order valence-electron chi connectivity index (χ2n) is 25.1. The molecule has 0 atom stereocenters. The van der Waals surface area contributed by atoms with E-state index in [4.69, 9.17) is 21.7 Å². The van der Waals surface area contributed by atoms with Crippen molar-refractivity contribution in [1.82, 2.24) is 10.6 Å². The minimum absolute atomic E-state index is 0. The van der Waals surface area contributed by atoms with Crippen LogP contribution in [0.5, 0.6) is 5.75 Å². The molecule has 1 aliphatic carbocycles. The van der Waals surface area contributed by atoms with Crippen LogP contribution in [-0.2, 0) is 25.7 Å². The third kappa shape index (κ3) is 18.3. The molecule has 16 heteroatoms. The van der Waals surface area contributed by atoms with Crippen molar-refractivity contribution in [3.05, 3.63) is 149 Å². The Morgan fingerprint density at radius 3 is 2.27 bits per heavy atom. The molecule has 0 unspecified atom stereocenters. The average molecular weight is 1290 g/mol. The summed E-state index contributed by atoms with van der Waals surface area (Å²) in [7, 11) is 2.72. The number of unbranched alkanes of at least 4 members (excludes halogenated alkanes) is 4. The van der Waals surface area contributed by atoms with Crippen LogP contribution in [0.15, 0.2) is 148 Å². The van der Waals surface area contributed by atoms with Crippen LogP contribution < -0.4 is 44.2 Å². The topological polar surface area (TPSA) is 131 Å². The summed E-state index contributed by atoms with van der Waals surface area (Å²) in [6.07, 6.45) is 20.5. The maximum absolute atomic E-state index is 11.5. The summed E-state index contributed by atoms with van der Waals surface area (Å²) in [6.45, 7) is 21.2. The Labute approximate surface area is 525 Å². The van der Waals surface area contributed by atoms with Gasteiger partial charge in [-0.05, 0) is 141 Å². The first-order chi connectivity index (χ1) is 39.9. The summed E-state index contributed by atoms with van der Waals surface area (Å²) >= 11 is 5.83. The van der Waals surface area contributed by atoms with Crippen molar-refractivity contribution >= 4 is 61.3 Å². The summed E-state index contributed by atoms with van der Waals surface area (Å²) in [5.74, 6) is 1.31. The number of hydrogen-bond donors (Lipinski definition) is 2. The van der Waals surface area contributed by atoms with Gasteiger partial charge in [-0.25, -0.2) is 18.4 Å². The monoisotopic (exact) mass is 1290 g/mol. The van der Waals surface area contributed by atoms with Crippen LogP contribution in [0.2, 0.25) is 0 Å². The van der Waals surface area contributed by atoms with Crippen LogP contribution in [0, 0.1) is 0 Å². The summed E-state index contributed by atoms with van der Waals surface area (Å²) < 4.78 is 51.6. The van der Waals surface area contributed by atoms with Gasteiger partial charge in [0.05, 0.1) is 82.1 Å². The largest absolute Gasteiger partial charge is 1.00 e. The zero-order valence-corrected chi connectivity index (χ0v) is 55.1. The molecule has 0 aromatic heterocycles. The van der Waals surface area contributed by atoms with E-state index in [1.54, 1.807) is 0 Å². The van der Waals surface area contributed by atoms with Crippen molar-refractivity contribution < 1.29 is 60.0 Å².